The van der Waals surface area contributed by atoms with E-state index in [9.17, 15) is 14.4 Å². The van der Waals surface area contributed by atoms with Crippen molar-refractivity contribution in [2.24, 2.45) is 0 Å². The van der Waals surface area contributed by atoms with Gasteiger partial charge in [0.1, 0.15) is 13.2 Å². The van der Waals surface area contributed by atoms with Gasteiger partial charge in [-0.1, -0.05) is 246 Å². The molecule has 0 saturated carbocycles. The third-order valence-corrected chi connectivity index (χ3v) is 12.1. The Balaban J connectivity index is 4.49. The predicted molar refractivity (Wildman–Crippen MR) is 297 cm³/mol. The molecule has 69 heavy (non-hydrogen) atoms. The molecule has 0 saturated heterocycles. The molecular weight excluding hydrogens is 853 g/mol. The van der Waals surface area contributed by atoms with Crippen molar-refractivity contribution in [1.82, 2.24) is 0 Å². The first kappa shape index (κ1) is 65.3. The van der Waals surface area contributed by atoms with Gasteiger partial charge in [-0.15, -0.1) is 0 Å². The summed E-state index contributed by atoms with van der Waals surface area (Å²) in [5.74, 6) is -1.01. The van der Waals surface area contributed by atoms with Gasteiger partial charge in [-0.05, 0) is 96.3 Å². The lowest BCUT2D eigenvalue weighted by molar-refractivity contribution is -0.167. The number of carbonyl (C=O) groups is 3. The number of hydrogen-bond donors (Lipinski definition) is 0. The van der Waals surface area contributed by atoms with Crippen molar-refractivity contribution in [3.8, 4) is 0 Å². The summed E-state index contributed by atoms with van der Waals surface area (Å²) in [7, 11) is 0. The van der Waals surface area contributed by atoms with E-state index >= 15 is 0 Å². The average Bonchev–Trinajstić information content (AvgIpc) is 3.35. The van der Waals surface area contributed by atoms with Crippen molar-refractivity contribution >= 4 is 17.9 Å². The fraction of sp³-hybridized carbons (Fsp3) is 0.698. The van der Waals surface area contributed by atoms with Gasteiger partial charge in [0.2, 0.25) is 0 Å². The molecule has 0 radical (unpaired) electrons. The van der Waals surface area contributed by atoms with E-state index in [2.05, 4.69) is 118 Å². The van der Waals surface area contributed by atoms with Crippen molar-refractivity contribution in [3.63, 3.8) is 0 Å². The maximum Gasteiger partial charge on any atom is 0.306 e. The number of unbranched alkanes of at least 4 members (excludes halogenated alkanes) is 24. The third kappa shape index (κ3) is 55.1. The fourth-order valence-corrected chi connectivity index (χ4v) is 7.78. The van der Waals surface area contributed by atoms with Gasteiger partial charge in [0.15, 0.2) is 6.10 Å². The molecule has 0 heterocycles. The van der Waals surface area contributed by atoms with Crippen molar-refractivity contribution < 1.29 is 28.6 Å². The lowest BCUT2D eigenvalue weighted by Gasteiger charge is -2.18. The molecule has 0 aromatic carbocycles. The lowest BCUT2D eigenvalue weighted by atomic mass is 10.0. The number of carbonyl (C=O) groups excluding carboxylic acids is 3. The number of esters is 3. The van der Waals surface area contributed by atoms with E-state index < -0.39 is 6.10 Å². The van der Waals surface area contributed by atoms with Gasteiger partial charge in [0, 0.05) is 19.3 Å². The molecule has 6 nitrogen and oxygen atoms in total. The molecule has 1 unspecified atom stereocenters. The summed E-state index contributed by atoms with van der Waals surface area (Å²) in [6, 6.07) is 0. The maximum atomic E-state index is 12.8. The van der Waals surface area contributed by atoms with E-state index in [1.807, 2.05) is 0 Å². The summed E-state index contributed by atoms with van der Waals surface area (Å²) >= 11 is 0. The summed E-state index contributed by atoms with van der Waals surface area (Å²) in [4.78, 5) is 38.1. The van der Waals surface area contributed by atoms with Crippen molar-refractivity contribution in [2.75, 3.05) is 13.2 Å². The SMILES string of the molecule is CC/C=C\C/C=C\C/C=C\C/C=C\CCCCC(=O)OC(COC(=O)CCC/C=C\C/C=C\C/C=C\C/C=C\CCCCC)COC(=O)CCCCCCCCCCCCCCCCCCCCC. The summed E-state index contributed by atoms with van der Waals surface area (Å²) in [6.07, 6.45) is 75.5. The van der Waals surface area contributed by atoms with Gasteiger partial charge in [0.25, 0.3) is 0 Å². The van der Waals surface area contributed by atoms with Crippen LogP contribution in [-0.2, 0) is 28.6 Å². The van der Waals surface area contributed by atoms with Crippen LogP contribution in [-0.4, -0.2) is 37.2 Å². The van der Waals surface area contributed by atoms with Crippen LogP contribution in [0.4, 0.5) is 0 Å². The Morgan fingerprint density at radius 3 is 0.971 bits per heavy atom. The number of rotatable bonds is 51. The van der Waals surface area contributed by atoms with E-state index in [0.717, 1.165) is 83.5 Å². The Morgan fingerprint density at radius 1 is 0.304 bits per heavy atom. The second kappa shape index (κ2) is 56.9. The molecule has 0 rings (SSSR count). The second-order valence-corrected chi connectivity index (χ2v) is 18.8. The van der Waals surface area contributed by atoms with Gasteiger partial charge in [-0.2, -0.15) is 0 Å². The van der Waals surface area contributed by atoms with Crippen LogP contribution in [0.5, 0.6) is 0 Å². The van der Waals surface area contributed by atoms with Crippen LogP contribution in [0.15, 0.2) is 97.2 Å². The molecule has 0 aromatic rings. The standard InChI is InChI=1S/C63H106O6/c1-4-7-10-13-16-19-22-25-28-30-31-33-36-38-41-44-47-50-53-56-62(65)68-59-60(69-63(66)57-54-51-48-45-42-39-34-27-24-21-18-15-12-9-6-3)58-67-61(64)55-52-49-46-43-40-37-35-32-29-26-23-20-17-14-11-8-5-2/h9,12,17-18,20-21,26-27,29,34-35,37,42-43,45-46,60H,4-8,10-11,13-16,19,22-25,28,30-33,36,38-41,44,47-59H2,1-3H3/b12-9-,20-17-,21-18-,29-26-,34-27-,37-35-,45-42-,46-43-. The Bertz CT molecular complexity index is 1380. The first-order valence-electron chi connectivity index (χ1n) is 28.7. The highest BCUT2D eigenvalue weighted by Crippen LogP contribution is 2.16. The maximum absolute atomic E-state index is 12.8. The molecule has 394 valence electrons. The van der Waals surface area contributed by atoms with Gasteiger partial charge in [-0.3, -0.25) is 14.4 Å². The van der Waals surface area contributed by atoms with Crippen LogP contribution in [0.3, 0.4) is 0 Å². The minimum absolute atomic E-state index is 0.110. The zero-order chi connectivity index (χ0) is 50.0. The van der Waals surface area contributed by atoms with Crippen LogP contribution in [0.1, 0.15) is 265 Å². The van der Waals surface area contributed by atoms with Gasteiger partial charge < -0.3 is 14.2 Å². The van der Waals surface area contributed by atoms with E-state index in [1.54, 1.807) is 0 Å². The monoisotopic (exact) mass is 959 g/mol. The van der Waals surface area contributed by atoms with Crippen molar-refractivity contribution in [3.05, 3.63) is 97.2 Å². The molecule has 0 bridgehead atoms. The van der Waals surface area contributed by atoms with E-state index in [-0.39, 0.29) is 44.0 Å². The summed E-state index contributed by atoms with van der Waals surface area (Å²) in [5, 5.41) is 0. The Morgan fingerprint density at radius 2 is 0.580 bits per heavy atom. The minimum atomic E-state index is -0.821. The minimum Gasteiger partial charge on any atom is -0.462 e. The molecule has 0 aliphatic carbocycles. The van der Waals surface area contributed by atoms with Crippen LogP contribution in [0.2, 0.25) is 0 Å². The quantitative estimate of drug-likeness (QED) is 0.0262. The van der Waals surface area contributed by atoms with Crippen molar-refractivity contribution in [2.45, 2.75) is 271 Å². The van der Waals surface area contributed by atoms with Crippen LogP contribution in [0, 0.1) is 0 Å². The largest absolute Gasteiger partial charge is 0.462 e. The molecule has 0 aliphatic heterocycles. The first-order chi connectivity index (χ1) is 34.0. The summed E-state index contributed by atoms with van der Waals surface area (Å²) in [5.41, 5.74) is 0. The first-order valence-corrected chi connectivity index (χ1v) is 28.7. The molecule has 6 heteroatoms. The Hall–Kier alpha value is -3.67. The number of hydrogen-bond acceptors (Lipinski definition) is 6. The third-order valence-electron chi connectivity index (χ3n) is 12.1. The average molecular weight is 960 g/mol. The Labute approximate surface area is 426 Å². The van der Waals surface area contributed by atoms with Gasteiger partial charge in [0.05, 0.1) is 0 Å². The molecule has 0 fully saturated rings. The zero-order valence-corrected chi connectivity index (χ0v) is 45.0. The van der Waals surface area contributed by atoms with E-state index in [0.29, 0.717) is 19.3 Å². The van der Waals surface area contributed by atoms with Crippen LogP contribution in [0.25, 0.3) is 0 Å². The highest BCUT2D eigenvalue weighted by Gasteiger charge is 2.19. The van der Waals surface area contributed by atoms with Crippen LogP contribution >= 0.6 is 0 Å². The fourth-order valence-electron chi connectivity index (χ4n) is 7.78. The predicted octanol–water partition coefficient (Wildman–Crippen LogP) is 19.3. The van der Waals surface area contributed by atoms with Gasteiger partial charge in [-0.25, -0.2) is 0 Å². The van der Waals surface area contributed by atoms with E-state index in [1.165, 1.54) is 128 Å². The molecule has 0 aromatic heterocycles. The topological polar surface area (TPSA) is 78.9 Å². The molecular formula is C63H106O6. The molecule has 0 N–H and O–H groups in total. The summed E-state index contributed by atoms with van der Waals surface area (Å²) in [6.45, 7) is 6.43. The second-order valence-electron chi connectivity index (χ2n) is 18.8. The molecule has 0 aliphatic rings. The van der Waals surface area contributed by atoms with E-state index in [4.69, 9.17) is 14.2 Å². The molecule has 1 atom stereocenters. The highest BCUT2D eigenvalue weighted by atomic mass is 16.6. The highest BCUT2D eigenvalue weighted by molar-refractivity contribution is 5.71. The van der Waals surface area contributed by atoms with Crippen molar-refractivity contribution in [1.29, 1.82) is 0 Å². The van der Waals surface area contributed by atoms with Crippen LogP contribution < -0.4 is 0 Å². The zero-order valence-electron chi connectivity index (χ0n) is 45.0. The number of ether oxygens (including phenoxy) is 3. The smallest absolute Gasteiger partial charge is 0.306 e. The Kier molecular flexibility index (Phi) is 53.9. The lowest BCUT2D eigenvalue weighted by Crippen LogP contribution is -2.30. The molecule has 0 amide bonds. The van der Waals surface area contributed by atoms with Gasteiger partial charge >= 0.3 is 17.9 Å². The molecule has 0 spiro atoms. The summed E-state index contributed by atoms with van der Waals surface area (Å²) < 4.78 is 16.8. The normalized spacial score (nSPS) is 12.8. The number of allylic oxidation sites excluding steroid dienone is 16.